The van der Waals surface area contributed by atoms with E-state index in [9.17, 15) is 9.59 Å². The second kappa shape index (κ2) is 8.26. The quantitative estimate of drug-likeness (QED) is 0.403. The molecule has 2 aromatic carbocycles. The topological polar surface area (TPSA) is 76.9 Å². The zero-order valence-electron chi connectivity index (χ0n) is 18.5. The second-order valence-electron chi connectivity index (χ2n) is 8.04. The van der Waals surface area contributed by atoms with Crippen molar-refractivity contribution in [2.24, 2.45) is 0 Å². The Bertz CT molecular complexity index is 1590. The van der Waals surface area contributed by atoms with Crippen LogP contribution in [-0.4, -0.2) is 20.4 Å². The number of pyridine rings is 1. The van der Waals surface area contributed by atoms with Crippen LogP contribution in [0.3, 0.4) is 0 Å². The molecule has 0 spiro atoms. The fraction of sp³-hybridized carbons (Fsp3) is 0.154. The average molecular weight is 455 g/mol. The predicted octanol–water partition coefficient (Wildman–Crippen LogP) is 5.24. The summed E-state index contributed by atoms with van der Waals surface area (Å²) in [6, 6.07) is 19.6. The lowest BCUT2D eigenvalue weighted by molar-refractivity contribution is -0.116. The first-order valence-electron chi connectivity index (χ1n) is 10.6. The molecular weight excluding hydrogens is 432 g/mol. The van der Waals surface area contributed by atoms with Gasteiger partial charge in [-0.25, -0.2) is 9.97 Å². The minimum Gasteiger partial charge on any atom is -0.324 e. The van der Waals surface area contributed by atoms with Crippen LogP contribution in [-0.2, 0) is 11.3 Å². The van der Waals surface area contributed by atoms with E-state index in [-0.39, 0.29) is 18.0 Å². The number of hydrogen-bond acceptors (Lipinski definition) is 5. The maximum Gasteiger partial charge on any atom is 0.272 e. The van der Waals surface area contributed by atoms with E-state index in [1.807, 2.05) is 74.5 Å². The Kier molecular flexibility index (Phi) is 5.26. The SMILES string of the molecule is Cc1cccc(NC(=O)Cn2c(C)nc3c(sc4nc(-c5ccccc5)ccc43)c2=O)c1C. The Morgan fingerprint density at radius 3 is 2.55 bits per heavy atom. The lowest BCUT2D eigenvalue weighted by atomic mass is 10.1. The van der Waals surface area contributed by atoms with Gasteiger partial charge >= 0.3 is 0 Å². The van der Waals surface area contributed by atoms with E-state index in [1.165, 1.54) is 15.9 Å². The molecule has 0 radical (unpaired) electrons. The van der Waals surface area contributed by atoms with Crippen molar-refractivity contribution in [1.29, 1.82) is 0 Å². The Balaban J connectivity index is 1.52. The molecule has 0 aliphatic heterocycles. The minimum absolute atomic E-state index is 0.0993. The normalized spacial score (nSPS) is 11.2. The molecule has 0 atom stereocenters. The van der Waals surface area contributed by atoms with Crippen molar-refractivity contribution in [1.82, 2.24) is 14.5 Å². The number of aryl methyl sites for hydroxylation is 2. The molecular formula is C26H22N4O2S. The minimum atomic E-state index is -0.263. The summed E-state index contributed by atoms with van der Waals surface area (Å²) in [4.78, 5) is 36.3. The largest absolute Gasteiger partial charge is 0.324 e. The van der Waals surface area contributed by atoms with Gasteiger partial charge in [0.25, 0.3) is 5.56 Å². The first-order chi connectivity index (χ1) is 15.9. The summed E-state index contributed by atoms with van der Waals surface area (Å²) in [5.41, 5.74) is 5.12. The van der Waals surface area contributed by atoms with Crippen LogP contribution in [0.1, 0.15) is 17.0 Å². The molecule has 0 unspecified atom stereocenters. The third kappa shape index (κ3) is 3.81. The number of rotatable bonds is 4. The number of fused-ring (bicyclic) bond motifs is 3. The van der Waals surface area contributed by atoms with Crippen LogP contribution >= 0.6 is 11.3 Å². The molecule has 33 heavy (non-hydrogen) atoms. The van der Waals surface area contributed by atoms with Crippen LogP contribution in [0.5, 0.6) is 0 Å². The van der Waals surface area contributed by atoms with Crippen molar-refractivity contribution in [3.05, 3.63) is 88.0 Å². The number of benzene rings is 2. The average Bonchev–Trinajstić information content (AvgIpc) is 3.18. The van der Waals surface area contributed by atoms with Crippen LogP contribution in [0.15, 0.2) is 65.5 Å². The Labute approximate surface area is 194 Å². The second-order valence-corrected chi connectivity index (χ2v) is 9.04. The smallest absolute Gasteiger partial charge is 0.272 e. The van der Waals surface area contributed by atoms with Gasteiger partial charge in [-0.05, 0) is 50.1 Å². The first kappa shape index (κ1) is 21.0. The van der Waals surface area contributed by atoms with Gasteiger partial charge in [-0.15, -0.1) is 11.3 Å². The van der Waals surface area contributed by atoms with Gasteiger partial charge in [-0.1, -0.05) is 42.5 Å². The summed E-state index contributed by atoms with van der Waals surface area (Å²) in [6.07, 6.45) is 0. The summed E-state index contributed by atoms with van der Waals surface area (Å²) < 4.78 is 1.93. The molecule has 0 bridgehead atoms. The third-order valence-corrected chi connectivity index (χ3v) is 6.96. The van der Waals surface area contributed by atoms with E-state index < -0.39 is 0 Å². The van der Waals surface area contributed by atoms with Crippen LogP contribution < -0.4 is 10.9 Å². The van der Waals surface area contributed by atoms with Gasteiger partial charge in [0.2, 0.25) is 5.91 Å². The lowest BCUT2D eigenvalue weighted by Crippen LogP contribution is -2.30. The van der Waals surface area contributed by atoms with Crippen LogP contribution in [0.25, 0.3) is 31.7 Å². The van der Waals surface area contributed by atoms with Crippen molar-refractivity contribution in [2.45, 2.75) is 27.3 Å². The molecule has 3 aromatic heterocycles. The molecule has 3 heterocycles. The molecule has 5 rings (SSSR count). The van der Waals surface area contributed by atoms with Gasteiger partial charge in [0, 0.05) is 16.6 Å². The number of thiophene rings is 1. The molecule has 0 saturated carbocycles. The van der Waals surface area contributed by atoms with E-state index >= 15 is 0 Å². The number of nitrogens with zero attached hydrogens (tertiary/aromatic N) is 3. The van der Waals surface area contributed by atoms with E-state index in [0.29, 0.717) is 16.0 Å². The fourth-order valence-electron chi connectivity index (χ4n) is 3.89. The zero-order valence-corrected chi connectivity index (χ0v) is 19.4. The highest BCUT2D eigenvalue weighted by molar-refractivity contribution is 7.25. The van der Waals surface area contributed by atoms with Crippen molar-refractivity contribution in [2.75, 3.05) is 5.32 Å². The highest BCUT2D eigenvalue weighted by Crippen LogP contribution is 2.31. The summed E-state index contributed by atoms with van der Waals surface area (Å²) >= 11 is 1.32. The molecule has 0 aliphatic carbocycles. The van der Waals surface area contributed by atoms with E-state index in [2.05, 4.69) is 10.3 Å². The number of aromatic nitrogens is 3. The van der Waals surface area contributed by atoms with Gasteiger partial charge in [-0.2, -0.15) is 0 Å². The summed E-state index contributed by atoms with van der Waals surface area (Å²) in [5, 5.41) is 3.77. The Morgan fingerprint density at radius 1 is 0.970 bits per heavy atom. The molecule has 0 saturated heterocycles. The number of hydrogen-bond donors (Lipinski definition) is 1. The predicted molar refractivity (Wildman–Crippen MR) is 134 cm³/mol. The number of amides is 1. The molecule has 0 aliphatic rings. The molecule has 5 aromatic rings. The highest BCUT2D eigenvalue weighted by atomic mass is 32.1. The maximum absolute atomic E-state index is 13.3. The van der Waals surface area contributed by atoms with Gasteiger partial charge in [-0.3, -0.25) is 14.2 Å². The van der Waals surface area contributed by atoms with Crippen LogP contribution in [0.2, 0.25) is 0 Å². The highest BCUT2D eigenvalue weighted by Gasteiger charge is 2.17. The number of anilines is 1. The van der Waals surface area contributed by atoms with Gasteiger partial charge in [0.1, 0.15) is 21.9 Å². The van der Waals surface area contributed by atoms with Crippen molar-refractivity contribution in [3.8, 4) is 11.3 Å². The van der Waals surface area contributed by atoms with Gasteiger partial charge in [0.15, 0.2) is 0 Å². The van der Waals surface area contributed by atoms with Gasteiger partial charge < -0.3 is 5.32 Å². The lowest BCUT2D eigenvalue weighted by Gasteiger charge is -2.12. The standard InChI is InChI=1S/C26H22N4O2S/c1-15-8-7-11-20(16(15)2)28-22(31)14-30-17(3)27-23-19-12-13-21(18-9-5-4-6-10-18)29-25(19)33-24(23)26(30)32/h4-13H,14H2,1-3H3,(H,28,31). The van der Waals surface area contributed by atoms with Crippen molar-refractivity contribution >= 4 is 43.4 Å². The van der Waals surface area contributed by atoms with Crippen molar-refractivity contribution < 1.29 is 4.79 Å². The molecule has 1 amide bonds. The number of carbonyl (C=O) groups excluding carboxylic acids is 1. The molecule has 1 N–H and O–H groups in total. The van der Waals surface area contributed by atoms with Crippen LogP contribution in [0, 0.1) is 20.8 Å². The molecule has 164 valence electrons. The van der Waals surface area contributed by atoms with Crippen molar-refractivity contribution in [3.63, 3.8) is 0 Å². The van der Waals surface area contributed by atoms with E-state index in [1.54, 1.807) is 6.92 Å². The fourth-order valence-corrected chi connectivity index (χ4v) is 4.95. The summed E-state index contributed by atoms with van der Waals surface area (Å²) in [6.45, 7) is 5.61. The van der Waals surface area contributed by atoms with E-state index in [4.69, 9.17) is 4.98 Å². The Hall–Kier alpha value is -3.84. The Morgan fingerprint density at radius 2 is 1.76 bits per heavy atom. The number of carbonyl (C=O) groups is 1. The maximum atomic E-state index is 13.3. The third-order valence-electron chi connectivity index (χ3n) is 5.88. The summed E-state index contributed by atoms with van der Waals surface area (Å²) in [5.74, 6) is 0.233. The molecule has 7 heteroatoms. The van der Waals surface area contributed by atoms with Crippen LogP contribution in [0.4, 0.5) is 5.69 Å². The number of nitrogens with one attached hydrogen (secondary N) is 1. The monoisotopic (exact) mass is 454 g/mol. The van der Waals surface area contributed by atoms with E-state index in [0.717, 1.165) is 38.3 Å². The first-order valence-corrected chi connectivity index (χ1v) is 11.5. The molecule has 0 fully saturated rings. The summed E-state index contributed by atoms with van der Waals surface area (Å²) in [7, 11) is 0. The van der Waals surface area contributed by atoms with Gasteiger partial charge in [0.05, 0.1) is 11.2 Å². The zero-order chi connectivity index (χ0) is 23.1. The molecule has 6 nitrogen and oxygen atoms in total.